The van der Waals surface area contributed by atoms with Crippen LogP contribution in [0.1, 0.15) is 31.7 Å². The first kappa shape index (κ1) is 11.1. The van der Waals surface area contributed by atoms with Gasteiger partial charge in [0, 0.05) is 30.6 Å². The summed E-state index contributed by atoms with van der Waals surface area (Å²) >= 11 is 1.76. The second-order valence-corrected chi connectivity index (χ2v) is 5.72. The van der Waals surface area contributed by atoms with Gasteiger partial charge in [-0.25, -0.2) is 4.98 Å². The Bertz CT molecular complexity index is 276. The van der Waals surface area contributed by atoms with E-state index >= 15 is 0 Å². The number of hydrogen-bond donors (Lipinski definition) is 1. The van der Waals surface area contributed by atoms with Crippen LogP contribution >= 0.6 is 11.3 Å². The standard InChI is InChI=1S/C12H20N2S/c1-9(2)12(10-3-4-10)14-6-5-11-13-7-8-15-11/h7-10,12,14H,3-6H2,1-2H3. The van der Waals surface area contributed by atoms with Gasteiger partial charge in [0.25, 0.3) is 0 Å². The predicted octanol–water partition coefficient (Wildman–Crippen LogP) is 2.71. The van der Waals surface area contributed by atoms with Crippen LogP contribution in [-0.2, 0) is 6.42 Å². The summed E-state index contributed by atoms with van der Waals surface area (Å²) in [5.74, 6) is 1.70. The van der Waals surface area contributed by atoms with Gasteiger partial charge >= 0.3 is 0 Å². The number of rotatable bonds is 6. The van der Waals surface area contributed by atoms with E-state index in [2.05, 4.69) is 29.5 Å². The molecule has 84 valence electrons. The van der Waals surface area contributed by atoms with E-state index in [1.165, 1.54) is 17.8 Å². The maximum atomic E-state index is 4.30. The van der Waals surface area contributed by atoms with Crippen molar-refractivity contribution in [1.29, 1.82) is 0 Å². The lowest BCUT2D eigenvalue weighted by atomic mass is 9.99. The summed E-state index contributed by atoms with van der Waals surface area (Å²) in [5, 5.41) is 6.99. The zero-order chi connectivity index (χ0) is 10.7. The molecular weight excluding hydrogens is 204 g/mol. The predicted molar refractivity (Wildman–Crippen MR) is 65.2 cm³/mol. The molecule has 2 rings (SSSR count). The topological polar surface area (TPSA) is 24.9 Å². The average molecular weight is 224 g/mol. The van der Waals surface area contributed by atoms with Crippen molar-refractivity contribution in [2.24, 2.45) is 11.8 Å². The summed E-state index contributed by atoms with van der Waals surface area (Å²) < 4.78 is 0. The maximum Gasteiger partial charge on any atom is 0.0937 e. The molecule has 0 aromatic carbocycles. The van der Waals surface area contributed by atoms with Crippen LogP contribution in [0, 0.1) is 11.8 Å². The fraction of sp³-hybridized carbons (Fsp3) is 0.750. The van der Waals surface area contributed by atoms with E-state index in [9.17, 15) is 0 Å². The fourth-order valence-corrected chi connectivity index (χ4v) is 2.74. The van der Waals surface area contributed by atoms with Crippen LogP contribution in [0.3, 0.4) is 0 Å². The van der Waals surface area contributed by atoms with E-state index in [0.717, 1.165) is 30.8 Å². The molecule has 0 saturated heterocycles. The van der Waals surface area contributed by atoms with Crippen molar-refractivity contribution in [1.82, 2.24) is 10.3 Å². The number of thiazole rings is 1. The lowest BCUT2D eigenvalue weighted by molar-refractivity contribution is 0.363. The van der Waals surface area contributed by atoms with Gasteiger partial charge in [-0.1, -0.05) is 13.8 Å². The molecule has 1 aliphatic rings. The molecule has 1 heterocycles. The average Bonchev–Trinajstić information content (AvgIpc) is 2.89. The highest BCUT2D eigenvalue weighted by molar-refractivity contribution is 7.09. The molecule has 1 atom stereocenters. The monoisotopic (exact) mass is 224 g/mol. The first-order valence-electron chi connectivity index (χ1n) is 5.89. The molecule has 1 unspecified atom stereocenters. The fourth-order valence-electron chi connectivity index (χ4n) is 2.12. The summed E-state index contributed by atoms with van der Waals surface area (Å²) in [4.78, 5) is 4.30. The number of aromatic nitrogens is 1. The molecule has 1 N–H and O–H groups in total. The number of nitrogens with one attached hydrogen (secondary N) is 1. The molecule has 1 fully saturated rings. The SMILES string of the molecule is CC(C)C(NCCc1nccs1)C1CC1. The van der Waals surface area contributed by atoms with Gasteiger partial charge in [-0.2, -0.15) is 0 Å². The van der Waals surface area contributed by atoms with E-state index in [1.54, 1.807) is 11.3 Å². The minimum Gasteiger partial charge on any atom is -0.313 e. The van der Waals surface area contributed by atoms with Gasteiger partial charge in [0.2, 0.25) is 0 Å². The Morgan fingerprint density at radius 3 is 2.87 bits per heavy atom. The third-order valence-electron chi connectivity index (χ3n) is 3.05. The van der Waals surface area contributed by atoms with Gasteiger partial charge in [-0.05, 0) is 24.7 Å². The summed E-state index contributed by atoms with van der Waals surface area (Å²) in [6, 6.07) is 0.727. The molecule has 1 saturated carbocycles. The van der Waals surface area contributed by atoms with E-state index in [4.69, 9.17) is 0 Å². The van der Waals surface area contributed by atoms with Crippen molar-refractivity contribution >= 4 is 11.3 Å². The lowest BCUT2D eigenvalue weighted by Crippen LogP contribution is -2.37. The van der Waals surface area contributed by atoms with Crippen LogP contribution in [0.15, 0.2) is 11.6 Å². The van der Waals surface area contributed by atoms with E-state index < -0.39 is 0 Å². The smallest absolute Gasteiger partial charge is 0.0937 e. The highest BCUT2D eigenvalue weighted by Gasteiger charge is 2.32. The van der Waals surface area contributed by atoms with Gasteiger partial charge in [-0.3, -0.25) is 0 Å². The number of hydrogen-bond acceptors (Lipinski definition) is 3. The van der Waals surface area contributed by atoms with Crippen LogP contribution in [-0.4, -0.2) is 17.6 Å². The molecule has 1 aromatic rings. The zero-order valence-corrected chi connectivity index (χ0v) is 10.4. The Balaban J connectivity index is 1.71. The van der Waals surface area contributed by atoms with Crippen molar-refractivity contribution in [3.8, 4) is 0 Å². The molecule has 1 aliphatic carbocycles. The molecule has 2 nitrogen and oxygen atoms in total. The quantitative estimate of drug-likeness (QED) is 0.803. The summed E-state index contributed by atoms with van der Waals surface area (Å²) in [5.41, 5.74) is 0. The molecule has 1 aromatic heterocycles. The van der Waals surface area contributed by atoms with Crippen LogP contribution in [0.2, 0.25) is 0 Å². The second-order valence-electron chi connectivity index (χ2n) is 4.74. The second kappa shape index (κ2) is 5.08. The molecule has 0 spiro atoms. The molecule has 15 heavy (non-hydrogen) atoms. The van der Waals surface area contributed by atoms with Crippen LogP contribution in [0.25, 0.3) is 0 Å². The first-order chi connectivity index (χ1) is 7.27. The van der Waals surface area contributed by atoms with E-state index in [1.807, 2.05) is 6.20 Å². The van der Waals surface area contributed by atoms with Crippen molar-refractivity contribution in [2.45, 2.75) is 39.2 Å². The minimum atomic E-state index is 0.727. The Hall–Kier alpha value is -0.410. The van der Waals surface area contributed by atoms with Crippen LogP contribution in [0.4, 0.5) is 0 Å². The van der Waals surface area contributed by atoms with Crippen molar-refractivity contribution in [3.05, 3.63) is 16.6 Å². The zero-order valence-electron chi connectivity index (χ0n) is 9.57. The van der Waals surface area contributed by atoms with Gasteiger partial charge in [0.1, 0.15) is 0 Å². The van der Waals surface area contributed by atoms with E-state index in [-0.39, 0.29) is 0 Å². The summed E-state index contributed by atoms with van der Waals surface area (Å²) in [7, 11) is 0. The minimum absolute atomic E-state index is 0.727. The van der Waals surface area contributed by atoms with Gasteiger partial charge in [-0.15, -0.1) is 11.3 Å². The lowest BCUT2D eigenvalue weighted by Gasteiger charge is -2.21. The Kier molecular flexibility index (Phi) is 3.76. The molecule has 0 aliphatic heterocycles. The summed E-state index contributed by atoms with van der Waals surface area (Å²) in [6.07, 6.45) is 5.81. The largest absolute Gasteiger partial charge is 0.313 e. The highest BCUT2D eigenvalue weighted by Crippen LogP contribution is 2.35. The highest BCUT2D eigenvalue weighted by atomic mass is 32.1. The van der Waals surface area contributed by atoms with Crippen molar-refractivity contribution in [3.63, 3.8) is 0 Å². The first-order valence-corrected chi connectivity index (χ1v) is 6.77. The molecule has 0 bridgehead atoms. The summed E-state index contributed by atoms with van der Waals surface area (Å²) in [6.45, 7) is 5.71. The number of nitrogens with zero attached hydrogens (tertiary/aromatic N) is 1. The Labute approximate surface area is 96.1 Å². The maximum absolute atomic E-state index is 4.30. The van der Waals surface area contributed by atoms with Gasteiger partial charge in [0.15, 0.2) is 0 Å². The van der Waals surface area contributed by atoms with Crippen molar-refractivity contribution < 1.29 is 0 Å². The Morgan fingerprint density at radius 1 is 1.53 bits per heavy atom. The van der Waals surface area contributed by atoms with Gasteiger partial charge in [0.05, 0.1) is 5.01 Å². The normalized spacial score (nSPS) is 18.3. The third-order valence-corrected chi connectivity index (χ3v) is 3.89. The van der Waals surface area contributed by atoms with Crippen LogP contribution < -0.4 is 5.32 Å². The molecule has 0 radical (unpaired) electrons. The third kappa shape index (κ3) is 3.28. The van der Waals surface area contributed by atoms with Crippen molar-refractivity contribution in [2.75, 3.05) is 6.54 Å². The van der Waals surface area contributed by atoms with E-state index in [0.29, 0.717) is 0 Å². The molecule has 3 heteroatoms. The molecular formula is C12H20N2S. The molecule has 0 amide bonds. The van der Waals surface area contributed by atoms with Crippen LogP contribution in [0.5, 0.6) is 0 Å². The Morgan fingerprint density at radius 2 is 2.33 bits per heavy atom. The van der Waals surface area contributed by atoms with Gasteiger partial charge < -0.3 is 5.32 Å².